The summed E-state index contributed by atoms with van der Waals surface area (Å²) in [5, 5.41) is 12.6. The molecule has 0 aromatic carbocycles. The zero-order chi connectivity index (χ0) is 15.4. The number of amides is 1. The van der Waals surface area contributed by atoms with Crippen LogP contribution in [-0.4, -0.2) is 39.8 Å². The van der Waals surface area contributed by atoms with Crippen LogP contribution in [0.3, 0.4) is 0 Å². The van der Waals surface area contributed by atoms with Crippen molar-refractivity contribution < 1.29 is 9.53 Å². The van der Waals surface area contributed by atoms with Crippen molar-refractivity contribution in [1.82, 2.24) is 5.32 Å². The van der Waals surface area contributed by atoms with Gasteiger partial charge in [0.2, 0.25) is 0 Å². The highest BCUT2D eigenvalue weighted by atomic mass is 32.1. The average molecular weight is 308 g/mol. The number of nitriles is 1. The summed E-state index contributed by atoms with van der Waals surface area (Å²) < 4.78 is 5.36. The van der Waals surface area contributed by atoms with Crippen LogP contribution in [0.15, 0.2) is 0 Å². The molecule has 6 nitrogen and oxygen atoms in total. The Bertz CT molecular complexity index is 558. The zero-order valence-corrected chi connectivity index (χ0v) is 13.1. The van der Waals surface area contributed by atoms with Crippen molar-refractivity contribution in [2.75, 3.05) is 44.5 Å². The molecule has 0 aliphatic carbocycles. The third-order valence-electron chi connectivity index (χ3n) is 3.69. The van der Waals surface area contributed by atoms with E-state index in [9.17, 15) is 10.1 Å². The minimum absolute atomic E-state index is 0.250. The molecule has 0 atom stereocenters. The van der Waals surface area contributed by atoms with Gasteiger partial charge in [-0.1, -0.05) is 0 Å². The van der Waals surface area contributed by atoms with E-state index in [1.807, 2.05) is 11.9 Å². The summed E-state index contributed by atoms with van der Waals surface area (Å²) in [6.45, 7) is 2.42. The van der Waals surface area contributed by atoms with E-state index >= 15 is 0 Å². The van der Waals surface area contributed by atoms with Crippen LogP contribution < -0.4 is 16.0 Å². The molecule has 114 valence electrons. The summed E-state index contributed by atoms with van der Waals surface area (Å²) in [5.41, 5.74) is 6.61. The molecular formula is C14H20N4O2S. The molecule has 0 saturated carbocycles. The molecule has 7 heteroatoms. The van der Waals surface area contributed by atoms with Crippen LogP contribution in [0, 0.1) is 17.2 Å². The second-order valence-electron chi connectivity index (χ2n) is 5.15. The highest BCUT2D eigenvalue weighted by Crippen LogP contribution is 2.37. The maximum absolute atomic E-state index is 11.8. The maximum atomic E-state index is 11.8. The van der Waals surface area contributed by atoms with Gasteiger partial charge in [0.25, 0.3) is 5.91 Å². The number of rotatable bonds is 4. The first-order valence-corrected chi connectivity index (χ1v) is 7.73. The van der Waals surface area contributed by atoms with Gasteiger partial charge in [0.15, 0.2) is 0 Å². The highest BCUT2D eigenvalue weighted by molar-refractivity contribution is 7.19. The first-order valence-electron chi connectivity index (χ1n) is 6.91. The lowest BCUT2D eigenvalue weighted by Crippen LogP contribution is -2.29. The van der Waals surface area contributed by atoms with E-state index in [2.05, 4.69) is 11.4 Å². The van der Waals surface area contributed by atoms with Gasteiger partial charge in [-0.3, -0.25) is 4.79 Å². The molecule has 1 fully saturated rings. The van der Waals surface area contributed by atoms with E-state index in [0.29, 0.717) is 16.4 Å². The van der Waals surface area contributed by atoms with Gasteiger partial charge in [-0.2, -0.15) is 5.26 Å². The third kappa shape index (κ3) is 3.28. The Morgan fingerprint density at radius 1 is 1.57 bits per heavy atom. The predicted octanol–water partition coefficient (Wildman–Crippen LogP) is 1.42. The minimum Gasteiger partial charge on any atom is -0.396 e. The summed E-state index contributed by atoms with van der Waals surface area (Å²) >= 11 is 1.28. The van der Waals surface area contributed by atoms with Crippen molar-refractivity contribution in [2.24, 2.45) is 5.92 Å². The van der Waals surface area contributed by atoms with Crippen LogP contribution in [0.1, 0.15) is 28.1 Å². The Morgan fingerprint density at radius 3 is 2.81 bits per heavy atom. The molecule has 1 amide bonds. The Balaban J connectivity index is 2.21. The number of nitrogen functional groups attached to an aromatic ring is 1. The predicted molar refractivity (Wildman–Crippen MR) is 83.6 cm³/mol. The van der Waals surface area contributed by atoms with Gasteiger partial charge in [0.1, 0.15) is 21.5 Å². The lowest BCUT2D eigenvalue weighted by atomic mass is 10.00. The smallest absolute Gasteiger partial charge is 0.263 e. The molecule has 2 rings (SSSR count). The maximum Gasteiger partial charge on any atom is 0.263 e. The molecule has 1 aliphatic heterocycles. The Kier molecular flexibility index (Phi) is 5.04. The monoisotopic (exact) mass is 308 g/mol. The van der Waals surface area contributed by atoms with Crippen LogP contribution in [-0.2, 0) is 4.74 Å². The molecule has 1 saturated heterocycles. The number of carbonyl (C=O) groups is 1. The van der Waals surface area contributed by atoms with E-state index < -0.39 is 0 Å². The number of thiophene rings is 1. The number of ether oxygens (including phenoxy) is 1. The minimum atomic E-state index is -0.250. The summed E-state index contributed by atoms with van der Waals surface area (Å²) in [6, 6.07) is 2.12. The molecule has 21 heavy (non-hydrogen) atoms. The number of nitrogens with zero attached hydrogens (tertiary/aromatic N) is 2. The SMILES string of the molecule is CNC(=O)c1sc(N(C)CC2CCOCC2)c(C#N)c1N. The van der Waals surface area contributed by atoms with Crippen molar-refractivity contribution in [2.45, 2.75) is 12.8 Å². The standard InChI is InChI=1S/C14H20N4O2S/c1-17-13(19)12-11(16)10(7-15)14(21-12)18(2)8-9-3-5-20-6-4-9/h9H,3-6,8,16H2,1-2H3,(H,17,19). The lowest BCUT2D eigenvalue weighted by molar-refractivity contribution is 0.0685. The molecule has 0 radical (unpaired) electrons. The molecule has 0 spiro atoms. The molecule has 1 aromatic rings. The molecule has 2 heterocycles. The van der Waals surface area contributed by atoms with E-state index in [-0.39, 0.29) is 11.6 Å². The molecule has 1 aliphatic rings. The van der Waals surface area contributed by atoms with Gasteiger partial charge in [-0.15, -0.1) is 11.3 Å². The Hall–Kier alpha value is -1.78. The molecule has 0 unspecified atom stereocenters. The van der Waals surface area contributed by atoms with Crippen molar-refractivity contribution in [3.05, 3.63) is 10.4 Å². The number of nitrogens with one attached hydrogen (secondary N) is 1. The van der Waals surface area contributed by atoms with E-state index in [0.717, 1.165) is 37.6 Å². The van der Waals surface area contributed by atoms with Gasteiger partial charge in [-0.05, 0) is 18.8 Å². The Labute approximate surface area is 128 Å². The number of anilines is 2. The van der Waals surface area contributed by atoms with Crippen LogP contribution in [0.4, 0.5) is 10.7 Å². The highest BCUT2D eigenvalue weighted by Gasteiger charge is 2.24. The van der Waals surface area contributed by atoms with Crippen molar-refractivity contribution >= 4 is 27.9 Å². The lowest BCUT2D eigenvalue weighted by Gasteiger charge is -2.27. The van der Waals surface area contributed by atoms with E-state index in [1.165, 1.54) is 11.3 Å². The van der Waals surface area contributed by atoms with Crippen molar-refractivity contribution in [3.8, 4) is 6.07 Å². The second kappa shape index (κ2) is 6.78. The molecule has 0 bridgehead atoms. The average Bonchev–Trinajstić information content (AvgIpc) is 2.84. The summed E-state index contributed by atoms with van der Waals surface area (Å²) in [6.07, 6.45) is 2.05. The number of hydrogen-bond acceptors (Lipinski definition) is 6. The largest absolute Gasteiger partial charge is 0.396 e. The Morgan fingerprint density at radius 2 is 2.24 bits per heavy atom. The van der Waals surface area contributed by atoms with Gasteiger partial charge in [-0.25, -0.2) is 0 Å². The van der Waals surface area contributed by atoms with Gasteiger partial charge in [0.05, 0.1) is 5.69 Å². The number of hydrogen-bond donors (Lipinski definition) is 2. The van der Waals surface area contributed by atoms with Crippen LogP contribution >= 0.6 is 11.3 Å². The van der Waals surface area contributed by atoms with Gasteiger partial charge >= 0.3 is 0 Å². The first kappa shape index (κ1) is 15.6. The van der Waals surface area contributed by atoms with E-state index in [4.69, 9.17) is 10.5 Å². The second-order valence-corrected chi connectivity index (χ2v) is 6.15. The molecule has 1 aromatic heterocycles. The summed E-state index contributed by atoms with van der Waals surface area (Å²) in [7, 11) is 3.49. The van der Waals surface area contributed by atoms with Crippen molar-refractivity contribution in [3.63, 3.8) is 0 Å². The third-order valence-corrected chi connectivity index (χ3v) is 5.01. The van der Waals surface area contributed by atoms with Crippen LogP contribution in [0.5, 0.6) is 0 Å². The molecule has 3 N–H and O–H groups in total. The van der Waals surface area contributed by atoms with Crippen LogP contribution in [0.2, 0.25) is 0 Å². The molecular weight excluding hydrogens is 288 g/mol. The van der Waals surface area contributed by atoms with Gasteiger partial charge in [0, 0.05) is 33.9 Å². The normalized spacial score (nSPS) is 15.5. The van der Waals surface area contributed by atoms with Gasteiger partial charge < -0.3 is 20.7 Å². The quantitative estimate of drug-likeness (QED) is 0.878. The summed E-state index contributed by atoms with van der Waals surface area (Å²) in [4.78, 5) is 14.2. The summed E-state index contributed by atoms with van der Waals surface area (Å²) in [5.74, 6) is 0.293. The topological polar surface area (TPSA) is 91.4 Å². The first-order chi connectivity index (χ1) is 10.1. The van der Waals surface area contributed by atoms with Crippen molar-refractivity contribution in [1.29, 1.82) is 5.26 Å². The fraction of sp³-hybridized carbons (Fsp3) is 0.571. The number of nitrogens with two attached hydrogens (primary N) is 1. The fourth-order valence-electron chi connectivity index (χ4n) is 2.49. The van der Waals surface area contributed by atoms with E-state index in [1.54, 1.807) is 7.05 Å². The van der Waals surface area contributed by atoms with Crippen LogP contribution in [0.25, 0.3) is 0 Å². The number of carbonyl (C=O) groups excluding carboxylic acids is 1. The fourth-order valence-corrected chi connectivity index (χ4v) is 3.58. The zero-order valence-electron chi connectivity index (χ0n) is 12.3.